The average Bonchev–Trinajstić information content (AvgIpc) is 2.36. The Labute approximate surface area is 113 Å². The maximum Gasteiger partial charge on any atom is 0.411 e. The maximum absolute atomic E-state index is 11.8. The molecule has 0 heterocycles. The standard InChI is InChI=1S/C12H15F3N2O3/c1-19-10-6-8(2-3-9(10)16)17-11(18)4-5-20-7-12(13,14)15/h2-3,6H,4-5,7,16H2,1H3,(H,17,18). The molecule has 0 aliphatic carbocycles. The van der Waals surface area contributed by atoms with Gasteiger partial charge in [0.2, 0.25) is 5.91 Å². The fourth-order valence-corrected chi connectivity index (χ4v) is 1.37. The highest BCUT2D eigenvalue weighted by Crippen LogP contribution is 2.25. The lowest BCUT2D eigenvalue weighted by molar-refractivity contribution is -0.174. The topological polar surface area (TPSA) is 73.6 Å². The number of ether oxygens (including phenoxy) is 2. The van der Waals surface area contributed by atoms with Crippen molar-refractivity contribution in [2.75, 3.05) is 31.4 Å². The van der Waals surface area contributed by atoms with E-state index < -0.39 is 18.7 Å². The van der Waals surface area contributed by atoms with Crippen molar-refractivity contribution in [3.05, 3.63) is 18.2 Å². The smallest absolute Gasteiger partial charge is 0.411 e. The van der Waals surface area contributed by atoms with E-state index in [9.17, 15) is 18.0 Å². The lowest BCUT2D eigenvalue weighted by atomic mass is 10.2. The summed E-state index contributed by atoms with van der Waals surface area (Å²) in [5, 5.41) is 2.51. The number of hydrogen-bond acceptors (Lipinski definition) is 4. The van der Waals surface area contributed by atoms with Gasteiger partial charge >= 0.3 is 6.18 Å². The molecule has 112 valence electrons. The molecule has 0 atom stereocenters. The second-order valence-corrected chi connectivity index (χ2v) is 3.92. The molecule has 0 aliphatic heterocycles. The molecule has 20 heavy (non-hydrogen) atoms. The molecule has 0 saturated carbocycles. The number of methoxy groups -OCH3 is 1. The zero-order valence-electron chi connectivity index (χ0n) is 10.8. The molecule has 1 rings (SSSR count). The Morgan fingerprint density at radius 1 is 1.40 bits per heavy atom. The summed E-state index contributed by atoms with van der Waals surface area (Å²) in [6.07, 6.45) is -4.57. The molecule has 0 spiro atoms. The summed E-state index contributed by atoms with van der Waals surface area (Å²) >= 11 is 0. The first-order chi connectivity index (χ1) is 9.31. The summed E-state index contributed by atoms with van der Waals surface area (Å²) in [5.41, 5.74) is 6.46. The maximum atomic E-state index is 11.8. The van der Waals surface area contributed by atoms with Crippen molar-refractivity contribution in [2.45, 2.75) is 12.6 Å². The van der Waals surface area contributed by atoms with Crippen LogP contribution in [0, 0.1) is 0 Å². The molecular weight excluding hydrogens is 277 g/mol. The highest BCUT2D eigenvalue weighted by molar-refractivity contribution is 5.91. The fourth-order valence-electron chi connectivity index (χ4n) is 1.37. The minimum atomic E-state index is -4.39. The van der Waals surface area contributed by atoms with E-state index in [2.05, 4.69) is 10.1 Å². The first kappa shape index (κ1) is 16.1. The van der Waals surface area contributed by atoms with Gasteiger partial charge in [0.05, 0.1) is 25.8 Å². The molecule has 5 nitrogen and oxygen atoms in total. The highest BCUT2D eigenvalue weighted by Gasteiger charge is 2.27. The Kier molecular flexibility index (Phi) is 5.63. The van der Waals surface area contributed by atoms with Gasteiger partial charge in [-0.15, -0.1) is 0 Å². The van der Waals surface area contributed by atoms with E-state index in [1.165, 1.54) is 13.2 Å². The fraction of sp³-hybridized carbons (Fsp3) is 0.417. The van der Waals surface area contributed by atoms with E-state index >= 15 is 0 Å². The van der Waals surface area contributed by atoms with Crippen LogP contribution in [-0.2, 0) is 9.53 Å². The molecule has 3 N–H and O–H groups in total. The molecule has 0 bridgehead atoms. The first-order valence-electron chi connectivity index (χ1n) is 5.69. The van der Waals surface area contributed by atoms with Crippen LogP contribution >= 0.6 is 0 Å². The van der Waals surface area contributed by atoms with Crippen molar-refractivity contribution in [3.63, 3.8) is 0 Å². The third-order valence-electron chi connectivity index (χ3n) is 2.26. The summed E-state index contributed by atoms with van der Waals surface area (Å²) in [5.74, 6) is -0.0601. The van der Waals surface area contributed by atoms with E-state index in [4.69, 9.17) is 10.5 Å². The minimum Gasteiger partial charge on any atom is -0.495 e. The lowest BCUT2D eigenvalue weighted by Gasteiger charge is -2.10. The van der Waals surface area contributed by atoms with Crippen molar-refractivity contribution in [1.82, 2.24) is 0 Å². The van der Waals surface area contributed by atoms with Gasteiger partial charge in [0, 0.05) is 11.8 Å². The number of hydrogen-bond donors (Lipinski definition) is 2. The molecule has 1 aromatic carbocycles. The van der Waals surface area contributed by atoms with Crippen LogP contribution in [0.2, 0.25) is 0 Å². The number of amides is 1. The van der Waals surface area contributed by atoms with Crippen LogP contribution in [0.1, 0.15) is 6.42 Å². The second-order valence-electron chi connectivity index (χ2n) is 3.92. The summed E-state index contributed by atoms with van der Waals surface area (Å²) < 4.78 is 44.7. The van der Waals surface area contributed by atoms with Crippen LogP contribution in [0.3, 0.4) is 0 Å². The Hall–Kier alpha value is -1.96. The summed E-state index contributed by atoms with van der Waals surface area (Å²) in [4.78, 5) is 11.5. The molecule has 1 aromatic rings. The molecule has 0 aromatic heterocycles. The molecule has 0 fully saturated rings. The molecule has 1 amide bonds. The van der Waals surface area contributed by atoms with Gasteiger partial charge in [-0.1, -0.05) is 0 Å². The third kappa shape index (κ3) is 5.79. The number of carbonyl (C=O) groups excluding carboxylic acids is 1. The number of anilines is 2. The van der Waals surface area contributed by atoms with E-state index in [1.54, 1.807) is 12.1 Å². The lowest BCUT2D eigenvalue weighted by Crippen LogP contribution is -2.20. The number of carbonyl (C=O) groups is 1. The van der Waals surface area contributed by atoms with Crippen LogP contribution in [0.4, 0.5) is 24.5 Å². The van der Waals surface area contributed by atoms with Crippen LogP contribution in [-0.4, -0.2) is 32.4 Å². The van der Waals surface area contributed by atoms with Gasteiger partial charge < -0.3 is 20.5 Å². The van der Waals surface area contributed by atoms with Crippen LogP contribution in [0.5, 0.6) is 5.75 Å². The van der Waals surface area contributed by atoms with Crippen molar-refractivity contribution >= 4 is 17.3 Å². The van der Waals surface area contributed by atoms with Gasteiger partial charge in [-0.05, 0) is 12.1 Å². The van der Waals surface area contributed by atoms with Gasteiger partial charge in [-0.2, -0.15) is 13.2 Å². The van der Waals surface area contributed by atoms with E-state index in [1.807, 2.05) is 0 Å². The summed E-state index contributed by atoms with van der Waals surface area (Å²) in [7, 11) is 1.43. The number of nitrogens with two attached hydrogens (primary N) is 1. The quantitative estimate of drug-likeness (QED) is 0.622. The zero-order chi connectivity index (χ0) is 15.2. The van der Waals surface area contributed by atoms with Crippen molar-refractivity contribution < 1.29 is 27.4 Å². The average molecular weight is 292 g/mol. The Balaban J connectivity index is 2.39. The number of halogens is 3. The van der Waals surface area contributed by atoms with Gasteiger partial charge in [0.15, 0.2) is 0 Å². The van der Waals surface area contributed by atoms with Crippen LogP contribution in [0.15, 0.2) is 18.2 Å². The SMILES string of the molecule is COc1cc(NC(=O)CCOCC(F)(F)F)ccc1N. The highest BCUT2D eigenvalue weighted by atomic mass is 19.4. The van der Waals surface area contributed by atoms with Gasteiger partial charge in [-0.3, -0.25) is 4.79 Å². The van der Waals surface area contributed by atoms with E-state index in [0.29, 0.717) is 17.1 Å². The molecule has 0 aliphatic rings. The number of alkyl halides is 3. The minimum absolute atomic E-state index is 0.178. The predicted octanol–water partition coefficient (Wildman–Crippen LogP) is 2.18. The number of nitrogen functional groups attached to an aromatic ring is 1. The third-order valence-corrected chi connectivity index (χ3v) is 2.26. The molecule has 0 saturated heterocycles. The van der Waals surface area contributed by atoms with Gasteiger partial charge in [0.25, 0.3) is 0 Å². The van der Waals surface area contributed by atoms with Crippen LogP contribution in [0.25, 0.3) is 0 Å². The molecule has 0 radical (unpaired) electrons. The van der Waals surface area contributed by atoms with E-state index in [-0.39, 0.29) is 13.0 Å². The molecule has 8 heteroatoms. The summed E-state index contributed by atoms with van der Waals surface area (Å²) in [6.45, 7) is -1.67. The monoisotopic (exact) mass is 292 g/mol. The Morgan fingerprint density at radius 2 is 2.10 bits per heavy atom. The van der Waals surface area contributed by atoms with Gasteiger partial charge in [-0.25, -0.2) is 0 Å². The second kappa shape index (κ2) is 6.99. The largest absolute Gasteiger partial charge is 0.495 e. The van der Waals surface area contributed by atoms with Crippen LogP contribution < -0.4 is 15.8 Å². The predicted molar refractivity (Wildman–Crippen MR) is 67.5 cm³/mol. The normalized spacial score (nSPS) is 11.2. The number of nitrogens with one attached hydrogen (secondary N) is 1. The van der Waals surface area contributed by atoms with Crippen molar-refractivity contribution in [2.24, 2.45) is 0 Å². The Bertz CT molecular complexity index is 464. The summed E-state index contributed by atoms with van der Waals surface area (Å²) in [6, 6.07) is 4.63. The van der Waals surface area contributed by atoms with Crippen molar-refractivity contribution in [3.8, 4) is 5.75 Å². The first-order valence-corrected chi connectivity index (χ1v) is 5.69. The molecule has 0 unspecified atom stereocenters. The number of rotatable bonds is 6. The van der Waals surface area contributed by atoms with E-state index in [0.717, 1.165) is 0 Å². The Morgan fingerprint density at radius 3 is 2.70 bits per heavy atom. The van der Waals surface area contributed by atoms with Crippen molar-refractivity contribution in [1.29, 1.82) is 0 Å². The molecular formula is C12H15F3N2O3. The number of benzene rings is 1. The zero-order valence-corrected chi connectivity index (χ0v) is 10.8. The van der Waals surface area contributed by atoms with Gasteiger partial charge in [0.1, 0.15) is 12.4 Å².